The minimum atomic E-state index is -0.281. The SMILES string of the molecule is Cc1cc(C)cc(-c2ccc3c(c2)c2ccccc2n3-c2cc(-c3cccc(F)c3)ccc2-c2nc(-c3ccccc3)nc(-c3ccccc3)n2)c1. The Morgan fingerprint density at radius 3 is 1.65 bits per heavy atom. The lowest BCUT2D eigenvalue weighted by molar-refractivity contribution is 0.628. The first-order valence-electron chi connectivity index (χ1n) is 17.4. The second-order valence-corrected chi connectivity index (χ2v) is 13.2. The summed E-state index contributed by atoms with van der Waals surface area (Å²) < 4.78 is 16.9. The number of fused-ring (bicyclic) bond motifs is 3. The van der Waals surface area contributed by atoms with Crippen molar-refractivity contribution in [1.82, 2.24) is 19.5 Å². The summed E-state index contributed by atoms with van der Waals surface area (Å²) in [6.07, 6.45) is 0. The van der Waals surface area contributed by atoms with Gasteiger partial charge >= 0.3 is 0 Å². The number of para-hydroxylation sites is 1. The molecule has 2 heterocycles. The second-order valence-electron chi connectivity index (χ2n) is 13.2. The van der Waals surface area contributed by atoms with Crippen LogP contribution < -0.4 is 0 Å². The van der Waals surface area contributed by atoms with E-state index in [0.717, 1.165) is 60.9 Å². The van der Waals surface area contributed by atoms with Crippen molar-refractivity contribution in [2.75, 3.05) is 0 Å². The van der Waals surface area contributed by atoms with E-state index >= 15 is 0 Å². The first-order valence-corrected chi connectivity index (χ1v) is 17.4. The quantitative estimate of drug-likeness (QED) is 0.177. The van der Waals surface area contributed by atoms with Crippen LogP contribution in [-0.2, 0) is 0 Å². The Bertz CT molecular complexity index is 2690. The highest BCUT2D eigenvalue weighted by Crippen LogP contribution is 2.40. The molecule has 0 spiro atoms. The number of aromatic nitrogens is 4. The van der Waals surface area contributed by atoms with Gasteiger partial charge in [0.15, 0.2) is 17.5 Å². The van der Waals surface area contributed by atoms with Crippen LogP contribution in [0.15, 0.2) is 164 Å². The van der Waals surface area contributed by atoms with Crippen molar-refractivity contribution in [3.8, 4) is 62.1 Å². The number of rotatable bonds is 6. The van der Waals surface area contributed by atoms with Gasteiger partial charge < -0.3 is 4.57 Å². The summed E-state index contributed by atoms with van der Waals surface area (Å²) in [6, 6.07) is 54.8. The highest BCUT2D eigenvalue weighted by molar-refractivity contribution is 6.11. The lowest BCUT2D eigenvalue weighted by atomic mass is 9.99. The van der Waals surface area contributed by atoms with E-state index < -0.39 is 0 Å². The van der Waals surface area contributed by atoms with Gasteiger partial charge in [-0.3, -0.25) is 0 Å². The number of hydrogen-bond donors (Lipinski definition) is 0. The Labute approximate surface area is 301 Å². The van der Waals surface area contributed by atoms with Crippen molar-refractivity contribution in [3.05, 3.63) is 181 Å². The average Bonchev–Trinajstić information content (AvgIpc) is 3.51. The molecule has 0 aliphatic heterocycles. The fourth-order valence-electron chi connectivity index (χ4n) is 7.24. The maximum atomic E-state index is 14.6. The summed E-state index contributed by atoms with van der Waals surface area (Å²) in [5.41, 5.74) is 12.1. The zero-order valence-corrected chi connectivity index (χ0v) is 28.8. The van der Waals surface area contributed by atoms with Crippen LogP contribution in [0.3, 0.4) is 0 Å². The number of benzene rings is 7. The molecule has 9 aromatic rings. The first kappa shape index (κ1) is 31.3. The Hall–Kier alpha value is -6.72. The third-order valence-electron chi connectivity index (χ3n) is 9.56. The van der Waals surface area contributed by atoms with E-state index in [2.05, 4.69) is 91.2 Å². The van der Waals surface area contributed by atoms with Crippen molar-refractivity contribution in [3.63, 3.8) is 0 Å². The molecule has 9 rings (SSSR count). The summed E-state index contributed by atoms with van der Waals surface area (Å²) >= 11 is 0. The molecule has 7 aromatic carbocycles. The van der Waals surface area contributed by atoms with Gasteiger partial charge in [-0.2, -0.15) is 0 Å². The molecule has 0 atom stereocenters. The van der Waals surface area contributed by atoms with Gasteiger partial charge in [0.05, 0.1) is 16.7 Å². The molecule has 52 heavy (non-hydrogen) atoms. The van der Waals surface area contributed by atoms with E-state index in [1.54, 1.807) is 12.1 Å². The normalized spacial score (nSPS) is 11.4. The molecule has 0 saturated heterocycles. The summed E-state index contributed by atoms with van der Waals surface area (Å²) in [5.74, 6) is 1.44. The zero-order valence-electron chi connectivity index (χ0n) is 28.8. The minimum absolute atomic E-state index is 0.281. The summed E-state index contributed by atoms with van der Waals surface area (Å²) in [6.45, 7) is 4.28. The predicted octanol–water partition coefficient (Wildman–Crippen LogP) is 12.1. The van der Waals surface area contributed by atoms with Gasteiger partial charge in [-0.25, -0.2) is 19.3 Å². The molecule has 2 aromatic heterocycles. The maximum Gasteiger partial charge on any atom is 0.166 e. The molecular weight excluding hydrogens is 640 g/mol. The Kier molecular flexibility index (Phi) is 7.74. The molecule has 5 heteroatoms. The highest BCUT2D eigenvalue weighted by atomic mass is 19.1. The van der Waals surface area contributed by atoms with E-state index in [1.807, 2.05) is 72.8 Å². The standard InChI is InChI=1S/C47H33FN4/c1-30-24-31(2)26-37(25-30)35-21-23-43-41(28-35)39-18-9-10-19-42(39)52(43)44-29-36(34-16-11-17-38(48)27-34)20-22-40(44)47-50-45(32-12-5-3-6-13-32)49-46(51-47)33-14-7-4-8-15-33/h3-29H,1-2H3. The second kappa shape index (κ2) is 12.9. The van der Waals surface area contributed by atoms with Crippen LogP contribution in [0.5, 0.6) is 0 Å². The van der Waals surface area contributed by atoms with Crippen LogP contribution in [0.2, 0.25) is 0 Å². The molecule has 0 N–H and O–H groups in total. The number of aryl methyl sites for hydroxylation is 2. The highest BCUT2D eigenvalue weighted by Gasteiger charge is 2.21. The molecule has 0 saturated carbocycles. The summed E-state index contributed by atoms with van der Waals surface area (Å²) in [7, 11) is 0. The molecule has 248 valence electrons. The number of hydrogen-bond acceptors (Lipinski definition) is 3. The Morgan fingerprint density at radius 1 is 0.404 bits per heavy atom. The van der Waals surface area contributed by atoms with Crippen LogP contribution in [-0.4, -0.2) is 19.5 Å². The monoisotopic (exact) mass is 672 g/mol. The Morgan fingerprint density at radius 2 is 0.962 bits per heavy atom. The third kappa shape index (κ3) is 5.72. The van der Waals surface area contributed by atoms with Crippen molar-refractivity contribution >= 4 is 21.8 Å². The van der Waals surface area contributed by atoms with Crippen molar-refractivity contribution < 1.29 is 4.39 Å². The molecule has 0 amide bonds. The van der Waals surface area contributed by atoms with Gasteiger partial charge in [-0.15, -0.1) is 0 Å². The fourth-order valence-corrected chi connectivity index (χ4v) is 7.24. The van der Waals surface area contributed by atoms with E-state index in [4.69, 9.17) is 15.0 Å². The fraction of sp³-hybridized carbons (Fsp3) is 0.0426. The molecule has 0 aliphatic carbocycles. The van der Waals surface area contributed by atoms with Gasteiger partial charge in [-0.05, 0) is 78.6 Å². The minimum Gasteiger partial charge on any atom is -0.308 e. The van der Waals surface area contributed by atoms with Gasteiger partial charge in [0.2, 0.25) is 0 Å². The van der Waals surface area contributed by atoms with Crippen molar-refractivity contribution in [1.29, 1.82) is 0 Å². The van der Waals surface area contributed by atoms with Gasteiger partial charge in [-0.1, -0.05) is 132 Å². The topological polar surface area (TPSA) is 43.6 Å². The number of halogens is 1. The smallest absolute Gasteiger partial charge is 0.166 e. The van der Waals surface area contributed by atoms with Gasteiger partial charge in [0, 0.05) is 27.5 Å². The van der Waals surface area contributed by atoms with E-state index in [0.29, 0.717) is 17.5 Å². The summed E-state index contributed by atoms with van der Waals surface area (Å²) in [4.78, 5) is 15.2. The molecule has 0 bridgehead atoms. The molecule has 4 nitrogen and oxygen atoms in total. The molecule has 0 radical (unpaired) electrons. The van der Waals surface area contributed by atoms with Crippen molar-refractivity contribution in [2.24, 2.45) is 0 Å². The first-order chi connectivity index (χ1) is 25.5. The molecule has 0 fully saturated rings. The predicted molar refractivity (Wildman–Crippen MR) is 211 cm³/mol. The maximum absolute atomic E-state index is 14.6. The largest absolute Gasteiger partial charge is 0.308 e. The lowest BCUT2D eigenvalue weighted by Gasteiger charge is -2.16. The average molecular weight is 673 g/mol. The zero-order chi connectivity index (χ0) is 35.2. The van der Waals surface area contributed by atoms with Crippen molar-refractivity contribution in [2.45, 2.75) is 13.8 Å². The van der Waals surface area contributed by atoms with Crippen LogP contribution >= 0.6 is 0 Å². The van der Waals surface area contributed by atoms with E-state index in [1.165, 1.54) is 22.8 Å². The van der Waals surface area contributed by atoms with E-state index in [9.17, 15) is 4.39 Å². The van der Waals surface area contributed by atoms with Gasteiger partial charge in [0.1, 0.15) is 5.82 Å². The van der Waals surface area contributed by atoms with Crippen LogP contribution in [0.25, 0.3) is 83.9 Å². The third-order valence-corrected chi connectivity index (χ3v) is 9.56. The van der Waals surface area contributed by atoms with Crippen LogP contribution in [0, 0.1) is 19.7 Å². The van der Waals surface area contributed by atoms with E-state index in [-0.39, 0.29) is 5.82 Å². The molecular formula is C47H33FN4. The number of nitrogens with zero attached hydrogens (tertiary/aromatic N) is 4. The molecule has 0 unspecified atom stereocenters. The van der Waals surface area contributed by atoms with Crippen LogP contribution in [0.4, 0.5) is 4.39 Å². The Balaban J connectivity index is 1.34. The van der Waals surface area contributed by atoms with Gasteiger partial charge in [0.25, 0.3) is 0 Å². The molecule has 0 aliphatic rings. The lowest BCUT2D eigenvalue weighted by Crippen LogP contribution is -2.04. The summed E-state index contributed by atoms with van der Waals surface area (Å²) in [5, 5.41) is 2.27. The van der Waals surface area contributed by atoms with Crippen LogP contribution in [0.1, 0.15) is 11.1 Å².